The summed E-state index contributed by atoms with van der Waals surface area (Å²) < 4.78 is 10.9. The zero-order valence-corrected chi connectivity index (χ0v) is 34.9. The second-order valence-electron chi connectivity index (χ2n) is 19.5. The summed E-state index contributed by atoms with van der Waals surface area (Å²) in [6, 6.07) is 29.9. The molecular formula is C49H58Zr. The summed E-state index contributed by atoms with van der Waals surface area (Å²) in [6.45, 7) is 24.6. The predicted molar refractivity (Wildman–Crippen MR) is 215 cm³/mol. The van der Waals surface area contributed by atoms with E-state index in [4.69, 9.17) is 4.21 Å². The average Bonchev–Trinajstić information content (AvgIpc) is 3.73. The number of hydrogen-bond donors (Lipinski definition) is 0. The summed E-state index contributed by atoms with van der Waals surface area (Å²) in [4.78, 5) is 0. The number of benzene rings is 4. The first-order chi connectivity index (χ1) is 23.4. The van der Waals surface area contributed by atoms with Gasteiger partial charge in [-0.25, -0.2) is 0 Å². The van der Waals surface area contributed by atoms with E-state index < -0.39 is 18.3 Å². The van der Waals surface area contributed by atoms with Crippen LogP contribution in [0.3, 0.4) is 0 Å². The molecule has 0 heterocycles. The molecule has 0 saturated carbocycles. The molecule has 0 bridgehead atoms. The van der Waals surface area contributed by atoms with Gasteiger partial charge in [0.05, 0.1) is 0 Å². The standard InChI is InChI=1S/C29H37.2C7H7.C5H5.CH2.Zr/c1-26(2)9-11-28(5,6)24-16-20-18(14-22(24)26)13-19-15-23-25(17-21(19)20)29(7,8)12-10-27(23,3)4;2*1-7-5-3-2-4-6-7;1-2-4-5-3-1;;/h9,14-17H,10-13H2,1-8H3;2*3-6H,1H3;1-3H,4H2;1H2;. The SMILES string of the molecule is [CH2]=[Zr]([C]1=CC=CC1)([c]1ccc(C)cc1)([c]1ccc(C)cc1)[CH]1CC(C)(C)c2cc3c(cc2C1(C)C)Cc1cc2c(cc1-3)C(C)(C)CCC2(C)C. The molecular weight excluding hydrogens is 680 g/mol. The summed E-state index contributed by atoms with van der Waals surface area (Å²) in [5.74, 6) is 0. The van der Waals surface area contributed by atoms with Crippen LogP contribution in [0.2, 0.25) is 3.63 Å². The van der Waals surface area contributed by atoms with Gasteiger partial charge in [-0.3, -0.25) is 0 Å². The Morgan fingerprint density at radius 2 is 1.06 bits per heavy atom. The molecule has 0 radical (unpaired) electrons. The van der Waals surface area contributed by atoms with Gasteiger partial charge in [-0.15, -0.1) is 0 Å². The van der Waals surface area contributed by atoms with E-state index >= 15 is 0 Å². The fraction of sp³-hybridized carbons (Fsp3) is 0.408. The fourth-order valence-corrected chi connectivity index (χ4v) is 30.9. The van der Waals surface area contributed by atoms with Crippen LogP contribution in [0.25, 0.3) is 11.1 Å². The Morgan fingerprint density at radius 3 is 1.54 bits per heavy atom. The van der Waals surface area contributed by atoms with Gasteiger partial charge >= 0.3 is 306 Å². The Balaban J connectivity index is 1.37. The van der Waals surface area contributed by atoms with Crippen LogP contribution in [-0.2, 0) is 46.4 Å². The third-order valence-corrected chi connectivity index (χ3v) is 33.4. The van der Waals surface area contributed by atoms with Crippen LogP contribution in [0, 0.1) is 13.8 Å². The molecule has 258 valence electrons. The summed E-state index contributed by atoms with van der Waals surface area (Å²) in [5.41, 5.74) is 15.3. The van der Waals surface area contributed by atoms with E-state index in [0.29, 0.717) is 3.63 Å². The van der Waals surface area contributed by atoms with Gasteiger partial charge < -0.3 is 0 Å². The molecule has 8 rings (SSSR count). The van der Waals surface area contributed by atoms with Crippen molar-refractivity contribution in [2.45, 2.75) is 127 Å². The van der Waals surface area contributed by atoms with Gasteiger partial charge in [0.15, 0.2) is 0 Å². The van der Waals surface area contributed by atoms with Crippen molar-refractivity contribution >= 4 is 10.8 Å². The van der Waals surface area contributed by atoms with Crippen LogP contribution in [0.1, 0.15) is 126 Å². The van der Waals surface area contributed by atoms with Crippen LogP contribution >= 0.6 is 0 Å². The molecule has 4 aromatic carbocycles. The molecule has 50 heavy (non-hydrogen) atoms. The van der Waals surface area contributed by atoms with Gasteiger partial charge in [0.2, 0.25) is 0 Å². The monoisotopic (exact) mass is 736 g/mol. The summed E-state index contributed by atoms with van der Waals surface area (Å²) in [6.07, 6.45) is 12.9. The van der Waals surface area contributed by atoms with E-state index in [9.17, 15) is 0 Å². The van der Waals surface area contributed by atoms with Gasteiger partial charge in [-0.2, -0.15) is 0 Å². The molecule has 0 nitrogen and oxygen atoms in total. The molecule has 0 saturated heterocycles. The minimum atomic E-state index is -4.64. The minimum absolute atomic E-state index is 0.00244. The Kier molecular flexibility index (Phi) is 7.41. The van der Waals surface area contributed by atoms with Crippen molar-refractivity contribution in [2.24, 2.45) is 0 Å². The van der Waals surface area contributed by atoms with Gasteiger partial charge in [0, 0.05) is 0 Å². The molecule has 1 heteroatoms. The van der Waals surface area contributed by atoms with Crippen molar-refractivity contribution < 1.29 is 18.3 Å². The quantitative estimate of drug-likeness (QED) is 0.172. The third kappa shape index (κ3) is 4.60. The molecule has 4 aromatic rings. The van der Waals surface area contributed by atoms with Crippen molar-refractivity contribution in [1.82, 2.24) is 0 Å². The molecule has 1 atom stereocenters. The van der Waals surface area contributed by atoms with Crippen LogP contribution in [0.15, 0.2) is 94.3 Å². The predicted octanol–water partition coefficient (Wildman–Crippen LogP) is 11.6. The first kappa shape index (κ1) is 34.2. The van der Waals surface area contributed by atoms with E-state index in [1.54, 1.807) is 25.5 Å². The number of aryl methyl sites for hydroxylation is 2. The number of hydrogen-bond acceptors (Lipinski definition) is 0. The van der Waals surface area contributed by atoms with E-state index in [0.717, 1.165) is 19.3 Å². The van der Waals surface area contributed by atoms with Crippen LogP contribution in [0.4, 0.5) is 0 Å². The van der Waals surface area contributed by atoms with Crippen molar-refractivity contribution in [2.75, 3.05) is 0 Å². The number of rotatable bonds is 4. The molecule has 0 aliphatic heterocycles. The van der Waals surface area contributed by atoms with Crippen LogP contribution < -0.4 is 6.54 Å². The Labute approximate surface area is 303 Å². The molecule has 4 aliphatic rings. The van der Waals surface area contributed by atoms with E-state index in [-0.39, 0.29) is 21.7 Å². The first-order valence-corrected chi connectivity index (χ1v) is 26.1. The molecule has 0 N–H and O–H groups in total. The van der Waals surface area contributed by atoms with E-state index in [2.05, 4.69) is 160 Å². The second kappa shape index (κ2) is 10.8. The normalized spacial score (nSPS) is 22.3. The maximum absolute atomic E-state index is 5.82. The average molecular weight is 738 g/mol. The van der Waals surface area contributed by atoms with Crippen molar-refractivity contribution in [3.05, 3.63) is 139 Å². The first-order valence-electron chi connectivity index (χ1n) is 19.3. The third-order valence-electron chi connectivity index (χ3n) is 14.7. The van der Waals surface area contributed by atoms with Gasteiger partial charge in [0.25, 0.3) is 0 Å². The fourth-order valence-electron chi connectivity index (χ4n) is 11.4. The topological polar surface area (TPSA) is 0 Å². The summed E-state index contributed by atoms with van der Waals surface area (Å²) in [7, 11) is 0. The summed E-state index contributed by atoms with van der Waals surface area (Å²) >= 11 is -4.64. The van der Waals surface area contributed by atoms with E-state index in [1.807, 2.05) is 0 Å². The number of allylic oxidation sites excluding steroid dienone is 4. The molecule has 0 amide bonds. The Morgan fingerprint density at radius 1 is 0.600 bits per heavy atom. The van der Waals surface area contributed by atoms with Gasteiger partial charge in [-0.05, 0) is 0 Å². The molecule has 0 aromatic heterocycles. The van der Waals surface area contributed by atoms with Crippen molar-refractivity contribution in [3.8, 4) is 11.1 Å². The van der Waals surface area contributed by atoms with E-state index in [1.165, 1.54) is 52.8 Å². The van der Waals surface area contributed by atoms with Crippen LogP contribution in [-0.4, -0.2) is 4.21 Å². The Hall–Kier alpha value is -2.89. The maximum atomic E-state index is 5.82. The molecule has 0 spiro atoms. The second-order valence-corrected chi connectivity index (χ2v) is 33.2. The molecule has 0 fully saturated rings. The van der Waals surface area contributed by atoms with Gasteiger partial charge in [0.1, 0.15) is 0 Å². The zero-order valence-electron chi connectivity index (χ0n) is 32.5. The van der Waals surface area contributed by atoms with Crippen molar-refractivity contribution in [1.29, 1.82) is 0 Å². The Bertz CT molecular complexity index is 2140. The zero-order chi connectivity index (χ0) is 35.7. The molecule has 1 unspecified atom stereocenters. The van der Waals surface area contributed by atoms with Gasteiger partial charge in [-0.1, -0.05) is 0 Å². The van der Waals surface area contributed by atoms with Crippen LogP contribution in [0.5, 0.6) is 0 Å². The number of fused-ring (bicyclic) bond motifs is 5. The molecule has 4 aliphatic carbocycles. The van der Waals surface area contributed by atoms with Crippen molar-refractivity contribution in [3.63, 3.8) is 0 Å². The summed E-state index contributed by atoms with van der Waals surface area (Å²) in [5, 5.41) is 0.